The molecule has 0 fully saturated rings. The average Bonchev–Trinajstić information content (AvgIpc) is 2.62. The average molecular weight is 260 g/mol. The van der Waals surface area contributed by atoms with Gasteiger partial charge in [0.05, 0.1) is 21.2 Å². The Kier molecular flexibility index (Phi) is 2.77. The summed E-state index contributed by atoms with van der Waals surface area (Å²) in [6, 6.07) is 0. The predicted molar refractivity (Wildman–Crippen MR) is 58.4 cm³/mol. The first-order valence-corrected chi connectivity index (χ1v) is 5.81. The first-order chi connectivity index (χ1) is 8.04. The Labute approximate surface area is 97.5 Å². The lowest BCUT2D eigenvalue weighted by Crippen LogP contribution is -2.37. The minimum absolute atomic E-state index is 0.0593. The van der Waals surface area contributed by atoms with Crippen molar-refractivity contribution in [1.82, 2.24) is 18.9 Å². The molecule has 2 rings (SSSR count). The van der Waals surface area contributed by atoms with Crippen molar-refractivity contribution >= 4 is 23.5 Å². The van der Waals surface area contributed by atoms with Gasteiger partial charge in [0.2, 0.25) is 0 Å². The first kappa shape index (κ1) is 11.5. The highest BCUT2D eigenvalue weighted by Crippen LogP contribution is 2.13. The Bertz CT molecular complexity index is 535. The largest absolute Gasteiger partial charge is 0.591 e. The van der Waals surface area contributed by atoms with Gasteiger partial charge in [-0.25, -0.2) is 10.2 Å². The normalized spacial score (nSPS) is 15.3. The summed E-state index contributed by atoms with van der Waals surface area (Å²) in [5, 5.41) is 9.71. The lowest BCUT2D eigenvalue weighted by Gasteiger charge is -2.22. The maximum atomic E-state index is 11.5. The number of rotatable bonds is 3. The van der Waals surface area contributed by atoms with E-state index >= 15 is 0 Å². The number of aromatic nitrogens is 3. The van der Waals surface area contributed by atoms with E-state index in [4.69, 9.17) is 0 Å². The molecule has 0 spiro atoms. The van der Waals surface area contributed by atoms with Crippen LogP contribution >= 0.6 is 0 Å². The van der Waals surface area contributed by atoms with Crippen molar-refractivity contribution in [3.05, 3.63) is 26.8 Å². The Morgan fingerprint density at radius 3 is 2.88 bits per heavy atom. The standard InChI is InChI=1S/C6H8N6O4S/c1-2-17(16)10-4-3-9-5(8-10)7-6(13)11(9)12(14)15/h3-4H,2H2,1H3,(H,7,8,13). The van der Waals surface area contributed by atoms with Crippen LogP contribution in [0.5, 0.6) is 0 Å². The summed E-state index contributed by atoms with van der Waals surface area (Å²) in [4.78, 5) is 25.5. The minimum Gasteiger partial charge on any atom is -0.591 e. The minimum atomic E-state index is -1.33. The molecule has 10 nitrogen and oxygen atoms in total. The van der Waals surface area contributed by atoms with Crippen molar-refractivity contribution in [3.8, 4) is 0 Å². The van der Waals surface area contributed by atoms with Gasteiger partial charge >= 0.3 is 11.6 Å². The van der Waals surface area contributed by atoms with Crippen molar-refractivity contribution in [1.29, 1.82) is 0 Å². The highest BCUT2D eigenvalue weighted by Gasteiger charge is 2.28. The molecule has 1 atom stereocenters. The first-order valence-electron chi connectivity index (χ1n) is 4.53. The molecule has 0 saturated heterocycles. The number of anilines is 1. The molecule has 0 radical (unpaired) electrons. The highest BCUT2D eigenvalue weighted by atomic mass is 32.2. The van der Waals surface area contributed by atoms with Crippen LogP contribution < -0.4 is 11.1 Å². The van der Waals surface area contributed by atoms with Crippen LogP contribution in [0.15, 0.2) is 11.0 Å². The molecule has 2 heterocycles. The monoisotopic (exact) mass is 260 g/mol. The number of nitrogens with zero attached hydrogens (tertiary/aromatic N) is 5. The van der Waals surface area contributed by atoms with Gasteiger partial charge < -0.3 is 14.7 Å². The molecule has 0 amide bonds. The van der Waals surface area contributed by atoms with Crippen LogP contribution in [-0.4, -0.2) is 34.2 Å². The summed E-state index contributed by atoms with van der Waals surface area (Å²) in [6.07, 6.45) is 2.56. The fourth-order valence-electron chi connectivity index (χ4n) is 1.24. The second-order valence-corrected chi connectivity index (χ2v) is 4.55. The molecule has 1 aliphatic rings. The molecule has 1 aromatic heterocycles. The van der Waals surface area contributed by atoms with Crippen molar-refractivity contribution in [3.63, 3.8) is 0 Å². The van der Waals surface area contributed by atoms with Crippen molar-refractivity contribution < 1.29 is 9.59 Å². The fraction of sp³-hybridized carbons (Fsp3) is 0.333. The van der Waals surface area contributed by atoms with Crippen molar-refractivity contribution in [2.24, 2.45) is 0 Å². The molecule has 1 aromatic rings. The quantitative estimate of drug-likeness (QED) is 0.413. The molecule has 17 heavy (non-hydrogen) atoms. The maximum Gasteiger partial charge on any atom is 0.429 e. The molecular formula is C6H8N6O4S. The van der Waals surface area contributed by atoms with E-state index in [1.54, 1.807) is 6.92 Å². The molecule has 0 saturated carbocycles. The fourth-order valence-corrected chi connectivity index (χ4v) is 1.90. The van der Waals surface area contributed by atoms with E-state index in [1.165, 1.54) is 16.8 Å². The predicted octanol–water partition coefficient (Wildman–Crippen LogP) is -1.16. The van der Waals surface area contributed by atoms with Crippen LogP contribution in [-0.2, 0) is 11.4 Å². The molecule has 1 aliphatic heterocycles. The lowest BCUT2D eigenvalue weighted by atomic mass is 10.8. The van der Waals surface area contributed by atoms with Crippen molar-refractivity contribution in [2.75, 3.05) is 11.2 Å². The SMILES string of the molecule is CC[S+]([O-])N1C=Cn2c(nc(=O)n2[N+](=O)[O-])N1. The van der Waals surface area contributed by atoms with E-state index in [0.717, 1.165) is 4.68 Å². The van der Waals surface area contributed by atoms with E-state index in [-0.39, 0.29) is 10.7 Å². The van der Waals surface area contributed by atoms with Crippen molar-refractivity contribution in [2.45, 2.75) is 6.92 Å². The molecule has 0 aliphatic carbocycles. The van der Waals surface area contributed by atoms with Gasteiger partial charge in [-0.05, 0) is 6.92 Å². The number of nitrogens with one attached hydrogen (secondary N) is 1. The van der Waals surface area contributed by atoms with Gasteiger partial charge in [-0.3, -0.25) is 0 Å². The second kappa shape index (κ2) is 4.10. The van der Waals surface area contributed by atoms with Gasteiger partial charge in [-0.1, -0.05) is 4.68 Å². The number of nitro groups is 1. The summed E-state index contributed by atoms with van der Waals surface area (Å²) in [5.41, 5.74) is 1.51. The van der Waals surface area contributed by atoms with Crippen LogP contribution in [0.1, 0.15) is 6.92 Å². The Hall–Kier alpha value is -2.01. The zero-order valence-electron chi connectivity index (χ0n) is 8.64. The highest BCUT2D eigenvalue weighted by molar-refractivity contribution is 7.89. The summed E-state index contributed by atoms with van der Waals surface area (Å²) >= 11 is -1.33. The summed E-state index contributed by atoms with van der Waals surface area (Å²) < 4.78 is 13.6. The van der Waals surface area contributed by atoms with E-state index in [0.29, 0.717) is 5.75 Å². The van der Waals surface area contributed by atoms with E-state index in [1.807, 2.05) is 0 Å². The molecular weight excluding hydrogens is 252 g/mol. The van der Waals surface area contributed by atoms with Gasteiger partial charge in [0.25, 0.3) is 0 Å². The number of hydrazine groups is 1. The summed E-state index contributed by atoms with van der Waals surface area (Å²) in [7, 11) is 0. The number of hydrogen-bond donors (Lipinski definition) is 1. The Morgan fingerprint density at radius 2 is 2.29 bits per heavy atom. The van der Waals surface area contributed by atoms with Gasteiger partial charge in [0.1, 0.15) is 18.2 Å². The van der Waals surface area contributed by atoms with Crippen LogP contribution in [0, 0.1) is 10.1 Å². The van der Waals surface area contributed by atoms with Gasteiger partial charge in [-0.15, -0.1) is 9.40 Å². The molecule has 92 valence electrons. The summed E-state index contributed by atoms with van der Waals surface area (Å²) in [5.74, 6) is 0.299. The summed E-state index contributed by atoms with van der Waals surface area (Å²) in [6.45, 7) is 1.71. The van der Waals surface area contributed by atoms with Gasteiger partial charge in [-0.2, -0.15) is 0 Å². The molecule has 0 bridgehead atoms. The smallest absolute Gasteiger partial charge is 0.429 e. The van der Waals surface area contributed by atoms with E-state index < -0.39 is 22.1 Å². The Balaban J connectivity index is 2.39. The van der Waals surface area contributed by atoms with Crippen LogP contribution in [0.3, 0.4) is 0 Å². The third kappa shape index (κ3) is 1.85. The molecule has 0 aromatic carbocycles. The molecule has 1 unspecified atom stereocenters. The van der Waals surface area contributed by atoms with Gasteiger partial charge in [0, 0.05) is 0 Å². The molecule has 1 N–H and O–H groups in total. The zero-order chi connectivity index (χ0) is 12.6. The lowest BCUT2D eigenvalue weighted by molar-refractivity contribution is -0.558. The van der Waals surface area contributed by atoms with E-state index in [9.17, 15) is 19.5 Å². The van der Waals surface area contributed by atoms with Crippen LogP contribution in [0.4, 0.5) is 5.95 Å². The zero-order valence-corrected chi connectivity index (χ0v) is 9.46. The second-order valence-electron chi connectivity index (χ2n) is 2.94. The maximum absolute atomic E-state index is 11.5. The number of fused-ring (bicyclic) bond motifs is 1. The molecule has 11 heteroatoms. The third-order valence-corrected chi connectivity index (χ3v) is 3.11. The Morgan fingerprint density at radius 1 is 1.59 bits per heavy atom. The van der Waals surface area contributed by atoms with Gasteiger partial charge in [0.15, 0.2) is 0 Å². The third-order valence-electron chi connectivity index (χ3n) is 1.97. The topological polar surface area (TPSA) is 121 Å². The number of hydrogen-bond acceptors (Lipinski definition) is 7. The van der Waals surface area contributed by atoms with Crippen LogP contribution in [0.25, 0.3) is 6.20 Å². The van der Waals surface area contributed by atoms with Crippen LogP contribution in [0.2, 0.25) is 0 Å². The van der Waals surface area contributed by atoms with E-state index in [2.05, 4.69) is 10.4 Å².